The number of nitrogens with one attached hydrogen (secondary N) is 2. The summed E-state index contributed by atoms with van der Waals surface area (Å²) in [6.07, 6.45) is 28.0. The largest absolute Gasteiger partial charge is 0.393 e. The number of carbonyl (C=O) groups excluding carboxylic acids is 2. The van der Waals surface area contributed by atoms with Crippen molar-refractivity contribution in [2.45, 2.75) is 244 Å². The molecular weight excluding hydrogens is 1040 g/mol. The van der Waals surface area contributed by atoms with E-state index < -0.39 is 0 Å². The Bertz CT molecular complexity index is 2690. The number of piperidine rings is 2. The number of rotatable bonds is 14. The maximum absolute atomic E-state index is 12.8. The van der Waals surface area contributed by atoms with E-state index in [2.05, 4.69) is 100 Å². The highest BCUT2D eigenvalue weighted by atomic mass is 16.5. The summed E-state index contributed by atoms with van der Waals surface area (Å²) in [6, 6.07) is 11.0. The van der Waals surface area contributed by atoms with Crippen molar-refractivity contribution in [2.75, 3.05) is 45.8 Å². The highest BCUT2D eigenvalue weighted by Gasteiger charge is 2.64. The van der Waals surface area contributed by atoms with Crippen molar-refractivity contribution in [1.82, 2.24) is 20.4 Å². The average Bonchev–Trinajstić information content (AvgIpc) is 1.85. The molecule has 2 spiro atoms. The monoisotopic (exact) mass is 1150 g/mol. The number of hydrogen-bond acceptors (Lipinski definition) is 9. The molecule has 6 N–H and O–H groups in total. The first kappa shape index (κ1) is 61.1. The van der Waals surface area contributed by atoms with Crippen molar-refractivity contribution >= 4 is 11.8 Å². The number of unbranched alkanes of at least 4 members (excludes halogenated alkanes) is 2. The third kappa shape index (κ3) is 11.1. The summed E-state index contributed by atoms with van der Waals surface area (Å²) >= 11 is 0. The standard InChI is InChI=1S/C44H65N3O4.C29H46N2O2/c1-29-25-39-42(47(28-29)24-23-46-40(49)13-9-6-10-22-45-41(50)17-14-32-11-7-5-8-12-32)31(3)44(51-39)21-19-35-36-16-15-33-26-34(48)18-20-43(33,4)38(36)27-37(35)30(44)2;1-17-13-26-27(31(16-17)12-11-30)19(3)29(33-26)10-8-22-23-6-5-20-14-21(32)7-9-28(20,4)25(23)15-24(22)18(29)2/h5,7-8,11-12,15,29,31,34-36,38-39,42,48H,6,9-10,13-14,16-28H2,1-4H3,(H,45,50)(H,46,49);5,17,19,21-23,25-27,32H,6-16,30H2,1-4H3/t29-,31+,34-,35-,36-,38-,39+,42-,43-,44-;17-,19+,21-,22-,23-,25-,26+,27-,28-,29-/m00/s1. The minimum absolute atomic E-state index is 0.0640. The van der Waals surface area contributed by atoms with Crippen LogP contribution < -0.4 is 16.4 Å². The molecule has 0 bridgehead atoms. The summed E-state index contributed by atoms with van der Waals surface area (Å²) in [5.41, 5.74) is 17.3. The van der Waals surface area contributed by atoms with Crippen LogP contribution in [-0.4, -0.2) is 125 Å². The van der Waals surface area contributed by atoms with Crippen LogP contribution in [0.1, 0.15) is 196 Å². The minimum Gasteiger partial charge on any atom is -0.393 e. The number of carbonyl (C=O) groups is 2. The second-order valence-electron chi connectivity index (χ2n) is 30.7. The first-order valence-corrected chi connectivity index (χ1v) is 34.6. The van der Waals surface area contributed by atoms with Crippen LogP contribution in [0.5, 0.6) is 0 Å². The lowest BCUT2D eigenvalue weighted by molar-refractivity contribution is -0.122. The molecule has 4 saturated heterocycles. The smallest absolute Gasteiger partial charge is 0.220 e. The van der Waals surface area contributed by atoms with Crippen LogP contribution in [0.25, 0.3) is 0 Å². The van der Waals surface area contributed by atoms with E-state index in [1.807, 2.05) is 18.2 Å². The molecule has 84 heavy (non-hydrogen) atoms. The third-order valence-corrected chi connectivity index (χ3v) is 26.2. The lowest BCUT2D eigenvalue weighted by Gasteiger charge is -2.49. The van der Waals surface area contributed by atoms with Crippen LogP contribution in [0.4, 0.5) is 0 Å². The Labute approximate surface area is 506 Å². The fraction of sp³-hybridized carbons (Fsp3) is 0.781. The van der Waals surface area contributed by atoms with Crippen molar-refractivity contribution < 1.29 is 29.3 Å². The Kier molecular flexibility index (Phi) is 17.9. The molecule has 2 amide bonds. The van der Waals surface area contributed by atoms with E-state index in [0.29, 0.717) is 85.0 Å². The third-order valence-electron chi connectivity index (χ3n) is 26.2. The van der Waals surface area contributed by atoms with Crippen LogP contribution in [0.15, 0.2) is 75.9 Å². The van der Waals surface area contributed by atoms with Gasteiger partial charge in [-0.05, 0) is 211 Å². The van der Waals surface area contributed by atoms with Gasteiger partial charge in [0.1, 0.15) is 0 Å². The van der Waals surface area contributed by atoms with Crippen LogP contribution >= 0.6 is 0 Å². The molecular formula is C73H111N5O6. The number of aliphatic hydroxyl groups excluding tert-OH is 2. The predicted molar refractivity (Wildman–Crippen MR) is 335 cm³/mol. The molecule has 8 fully saturated rings. The Balaban J connectivity index is 0.000000181. The maximum Gasteiger partial charge on any atom is 0.220 e. The quantitative estimate of drug-likeness (QED) is 0.0906. The van der Waals surface area contributed by atoms with Gasteiger partial charge in [-0.2, -0.15) is 0 Å². The zero-order chi connectivity index (χ0) is 58.9. The fourth-order valence-corrected chi connectivity index (χ4v) is 21.8. The predicted octanol–water partition coefficient (Wildman–Crippen LogP) is 11.8. The Hall–Kier alpha value is -3.16. The number of nitrogens with zero attached hydrogens (tertiary/aromatic N) is 2. The molecule has 1 aromatic rings. The van der Waals surface area contributed by atoms with Gasteiger partial charge in [0.05, 0.1) is 35.6 Å². The second kappa shape index (κ2) is 24.7. The molecule has 1 aromatic carbocycles. The highest BCUT2D eigenvalue weighted by Crippen LogP contribution is 2.67. The van der Waals surface area contributed by atoms with Gasteiger partial charge in [-0.3, -0.25) is 19.4 Å². The van der Waals surface area contributed by atoms with E-state index in [1.165, 1.54) is 69.0 Å². The summed E-state index contributed by atoms with van der Waals surface area (Å²) in [5.74, 6) is 6.88. The molecule has 20 atom stereocenters. The van der Waals surface area contributed by atoms with Crippen LogP contribution in [-0.2, 0) is 25.5 Å². The first-order valence-electron chi connectivity index (χ1n) is 34.6. The lowest BCUT2D eigenvalue weighted by atomic mass is 9.56. The Morgan fingerprint density at radius 3 is 1.65 bits per heavy atom. The van der Waals surface area contributed by atoms with Crippen molar-refractivity contribution in [3.05, 3.63) is 81.5 Å². The van der Waals surface area contributed by atoms with E-state index in [0.717, 1.165) is 127 Å². The molecule has 13 rings (SSSR count). The molecule has 464 valence electrons. The Morgan fingerprint density at radius 2 is 1.13 bits per heavy atom. The maximum atomic E-state index is 12.8. The molecule has 4 saturated carbocycles. The Morgan fingerprint density at radius 1 is 0.631 bits per heavy atom. The van der Waals surface area contributed by atoms with Crippen LogP contribution in [0.3, 0.4) is 0 Å². The molecule has 0 radical (unpaired) electrons. The van der Waals surface area contributed by atoms with Gasteiger partial charge >= 0.3 is 0 Å². The number of allylic oxidation sites excluding steroid dienone is 4. The number of aryl methyl sites for hydroxylation is 1. The number of nitrogens with two attached hydrogens (primary N) is 1. The van der Waals surface area contributed by atoms with Crippen molar-refractivity contribution in [2.24, 2.45) is 75.7 Å². The molecule has 4 heterocycles. The van der Waals surface area contributed by atoms with E-state index in [1.54, 1.807) is 27.9 Å². The fourth-order valence-electron chi connectivity index (χ4n) is 21.8. The number of fused-ring (bicyclic) bond motifs is 12. The summed E-state index contributed by atoms with van der Waals surface area (Å²) in [5, 5.41) is 27.0. The summed E-state index contributed by atoms with van der Waals surface area (Å²) in [4.78, 5) is 30.3. The van der Waals surface area contributed by atoms with E-state index >= 15 is 0 Å². The number of likely N-dealkylation sites (tertiary alicyclic amines) is 2. The summed E-state index contributed by atoms with van der Waals surface area (Å²) in [7, 11) is 0. The number of amides is 2. The average molecular weight is 1150 g/mol. The molecule has 11 heteroatoms. The topological polar surface area (TPSA) is 150 Å². The number of benzene rings is 1. The number of hydrogen-bond donors (Lipinski definition) is 5. The summed E-state index contributed by atoms with van der Waals surface area (Å²) in [6.45, 7) is 25.8. The van der Waals surface area contributed by atoms with Crippen molar-refractivity contribution in [3.63, 3.8) is 0 Å². The van der Waals surface area contributed by atoms with Gasteiger partial charge in [-0.25, -0.2) is 0 Å². The van der Waals surface area contributed by atoms with E-state index in [9.17, 15) is 19.8 Å². The van der Waals surface area contributed by atoms with Crippen molar-refractivity contribution in [1.29, 1.82) is 0 Å². The zero-order valence-electron chi connectivity index (χ0n) is 53.3. The van der Waals surface area contributed by atoms with Gasteiger partial charge in [0, 0.05) is 82.6 Å². The number of aliphatic hydroxyl groups is 2. The van der Waals surface area contributed by atoms with E-state index in [-0.39, 0.29) is 46.7 Å². The molecule has 11 nitrogen and oxygen atoms in total. The molecule has 4 aliphatic heterocycles. The van der Waals surface area contributed by atoms with Gasteiger partial charge < -0.3 is 36.1 Å². The molecule has 8 aliphatic carbocycles. The molecule has 0 unspecified atom stereocenters. The van der Waals surface area contributed by atoms with Crippen molar-refractivity contribution in [3.8, 4) is 0 Å². The van der Waals surface area contributed by atoms with Gasteiger partial charge in [0.2, 0.25) is 11.8 Å². The summed E-state index contributed by atoms with van der Waals surface area (Å²) < 4.78 is 14.5. The SMILES string of the molecule is CC1=C2C[C@H]3[C@@H](CC=C4C[C@@H](O)CC[C@@]43C)[C@@H]2CC[C@]12O[C@@H]1C[C@H](C)CN(CCN)[C@H]1[C@H]2C.CC1=C2C[C@H]3[C@@H](CC=C4C[C@@H](O)CC[C@@]43C)[C@@H]2CC[C@]12O[C@@H]1C[C@H](C)CN(CCNC(=O)CCCCCNC(=O)CCc3ccccc3)[C@H]1[C@H]2C. The minimum atomic E-state index is -0.165. The molecule has 12 aliphatic rings. The number of ether oxygens (including phenoxy) is 2. The van der Waals surface area contributed by atoms with Crippen LogP contribution in [0.2, 0.25) is 0 Å². The van der Waals surface area contributed by atoms with Gasteiger partial charge in [-0.1, -0.05) is 113 Å². The zero-order valence-corrected chi connectivity index (χ0v) is 53.3. The second-order valence-corrected chi connectivity index (χ2v) is 30.7. The van der Waals surface area contributed by atoms with E-state index in [4.69, 9.17) is 15.2 Å². The lowest BCUT2D eigenvalue weighted by Crippen LogP contribution is -2.54. The van der Waals surface area contributed by atoms with Gasteiger partial charge in [0.15, 0.2) is 0 Å². The van der Waals surface area contributed by atoms with Gasteiger partial charge in [-0.15, -0.1) is 0 Å². The van der Waals surface area contributed by atoms with Gasteiger partial charge in [0.25, 0.3) is 0 Å². The highest BCUT2D eigenvalue weighted by molar-refractivity contribution is 5.76. The molecule has 0 aromatic heterocycles. The first-order chi connectivity index (χ1) is 40.4. The van der Waals surface area contributed by atoms with Crippen LogP contribution in [0, 0.1) is 70.0 Å². The normalized spacial score (nSPS) is 43.0.